The van der Waals surface area contributed by atoms with Crippen molar-refractivity contribution < 1.29 is 18.9 Å². The minimum atomic E-state index is -0.820. The smallest absolute Gasteiger partial charge is 0.283 e. The Morgan fingerprint density at radius 3 is 2.81 bits per heavy atom. The van der Waals surface area contributed by atoms with Crippen LogP contribution in [-0.4, -0.2) is 36.9 Å². The number of pyridine rings is 1. The third-order valence-corrected chi connectivity index (χ3v) is 5.23. The average Bonchev–Trinajstić information content (AvgIpc) is 3.04. The highest BCUT2D eigenvalue weighted by Gasteiger charge is 2.48. The van der Waals surface area contributed by atoms with Crippen LogP contribution in [0.4, 0.5) is 0 Å². The van der Waals surface area contributed by atoms with Gasteiger partial charge in [-0.2, -0.15) is 0 Å². The molecule has 1 unspecified atom stereocenters. The minimum absolute atomic E-state index is 0.139. The van der Waals surface area contributed by atoms with E-state index in [-0.39, 0.29) is 12.6 Å². The average molecular weight is 434 g/mol. The van der Waals surface area contributed by atoms with Crippen LogP contribution in [0.3, 0.4) is 0 Å². The highest BCUT2D eigenvalue weighted by Crippen LogP contribution is 2.51. The van der Waals surface area contributed by atoms with Crippen molar-refractivity contribution in [1.29, 1.82) is 0 Å². The molecular weight excluding hydrogens is 414 g/mol. The largest absolute Gasteiger partial charge is 0.489 e. The van der Waals surface area contributed by atoms with Gasteiger partial charge in [0.1, 0.15) is 24.7 Å². The lowest BCUT2D eigenvalue weighted by Gasteiger charge is -2.33. The van der Waals surface area contributed by atoms with Gasteiger partial charge < -0.3 is 24.7 Å². The van der Waals surface area contributed by atoms with Crippen LogP contribution < -0.4 is 15.2 Å². The Hall–Kier alpha value is -2.32. The fraction of sp³-hybridized carbons (Fsp3) is 0.368. The number of benzene rings is 1. The molecule has 0 radical (unpaired) electrons. The van der Waals surface area contributed by atoms with E-state index >= 15 is 0 Å². The van der Waals surface area contributed by atoms with Gasteiger partial charge in [0.2, 0.25) is 5.88 Å². The fourth-order valence-corrected chi connectivity index (χ4v) is 3.44. The monoisotopic (exact) mass is 433 g/mol. The predicted molar refractivity (Wildman–Crippen MR) is 103 cm³/mol. The van der Waals surface area contributed by atoms with Crippen LogP contribution in [0.25, 0.3) is 0 Å². The van der Waals surface area contributed by atoms with Gasteiger partial charge in [-0.25, -0.2) is 9.98 Å². The molecule has 1 aromatic carbocycles. The standard InChI is InChI=1S/C19H20BrN3O4/c1-18(2,24-3)9-25-12-7-14-16(22-8-12)27-15-5-4-11(20)6-13(15)19(14)10-26-17(21)23-19/h4-8H,9-10H2,1-3H3,(H2,21,23). The van der Waals surface area contributed by atoms with Crippen molar-refractivity contribution in [3.05, 3.63) is 46.1 Å². The fourth-order valence-electron chi connectivity index (χ4n) is 3.08. The first-order chi connectivity index (χ1) is 12.8. The van der Waals surface area contributed by atoms with Crippen LogP contribution in [-0.2, 0) is 15.0 Å². The molecule has 0 bridgehead atoms. The van der Waals surface area contributed by atoms with Crippen molar-refractivity contribution in [3.8, 4) is 17.4 Å². The molecule has 1 atom stereocenters. The van der Waals surface area contributed by atoms with Crippen LogP contribution in [0.5, 0.6) is 17.4 Å². The first-order valence-electron chi connectivity index (χ1n) is 8.47. The lowest BCUT2D eigenvalue weighted by atomic mass is 9.82. The molecule has 3 heterocycles. The maximum absolute atomic E-state index is 6.00. The Labute approximate surface area is 165 Å². The number of halogens is 1. The number of aliphatic imine (C=N–C) groups is 1. The first-order valence-corrected chi connectivity index (χ1v) is 9.27. The molecule has 0 saturated carbocycles. The highest BCUT2D eigenvalue weighted by molar-refractivity contribution is 9.10. The number of aromatic nitrogens is 1. The van der Waals surface area contributed by atoms with Crippen molar-refractivity contribution in [2.24, 2.45) is 10.7 Å². The van der Waals surface area contributed by atoms with Crippen LogP contribution in [0, 0.1) is 0 Å². The molecule has 1 spiro atoms. The normalized spacial score (nSPS) is 20.4. The van der Waals surface area contributed by atoms with Gasteiger partial charge in [0, 0.05) is 17.1 Å². The summed E-state index contributed by atoms with van der Waals surface area (Å²) in [6.07, 6.45) is 1.63. The summed E-state index contributed by atoms with van der Waals surface area (Å²) in [5, 5.41) is 0. The number of rotatable bonds is 4. The molecule has 2 aliphatic heterocycles. The second-order valence-electron chi connectivity index (χ2n) is 7.12. The van der Waals surface area contributed by atoms with E-state index in [9.17, 15) is 0 Å². The van der Waals surface area contributed by atoms with Gasteiger partial charge >= 0.3 is 0 Å². The predicted octanol–water partition coefficient (Wildman–Crippen LogP) is 3.34. The topological polar surface area (TPSA) is 88.2 Å². The second kappa shape index (κ2) is 6.38. The zero-order valence-electron chi connectivity index (χ0n) is 15.3. The number of methoxy groups -OCH3 is 1. The first kappa shape index (κ1) is 18.1. The Morgan fingerprint density at radius 2 is 2.11 bits per heavy atom. The van der Waals surface area contributed by atoms with Crippen LogP contribution >= 0.6 is 15.9 Å². The van der Waals surface area contributed by atoms with Crippen molar-refractivity contribution >= 4 is 22.0 Å². The van der Waals surface area contributed by atoms with E-state index < -0.39 is 11.1 Å². The molecule has 8 heteroatoms. The molecule has 0 aliphatic carbocycles. The van der Waals surface area contributed by atoms with E-state index in [0.29, 0.717) is 24.0 Å². The van der Waals surface area contributed by atoms with Crippen molar-refractivity contribution in [2.45, 2.75) is 25.0 Å². The van der Waals surface area contributed by atoms with Gasteiger partial charge in [-0.15, -0.1) is 0 Å². The maximum atomic E-state index is 6.00. The summed E-state index contributed by atoms with van der Waals surface area (Å²) in [6.45, 7) is 4.55. The van der Waals surface area contributed by atoms with Gasteiger partial charge in [-0.05, 0) is 38.1 Å². The van der Waals surface area contributed by atoms with Gasteiger partial charge in [-0.3, -0.25) is 0 Å². The molecule has 7 nitrogen and oxygen atoms in total. The number of amidine groups is 1. The molecule has 4 rings (SSSR count). The quantitative estimate of drug-likeness (QED) is 0.794. The summed E-state index contributed by atoms with van der Waals surface area (Å²) in [5.41, 5.74) is 6.25. The molecule has 1 aromatic heterocycles. The molecule has 2 aromatic rings. The zero-order valence-corrected chi connectivity index (χ0v) is 16.9. The van der Waals surface area contributed by atoms with E-state index in [0.717, 1.165) is 15.6 Å². The van der Waals surface area contributed by atoms with Crippen LogP contribution in [0.2, 0.25) is 0 Å². The second-order valence-corrected chi connectivity index (χ2v) is 8.03. The number of nitrogens with two attached hydrogens (primary N) is 1. The van der Waals surface area contributed by atoms with Crippen LogP contribution in [0.1, 0.15) is 25.0 Å². The third-order valence-electron chi connectivity index (χ3n) is 4.73. The molecular formula is C19H20BrN3O4. The summed E-state index contributed by atoms with van der Waals surface area (Å²) in [5.74, 6) is 1.74. The van der Waals surface area contributed by atoms with Crippen molar-refractivity contribution in [3.63, 3.8) is 0 Å². The summed E-state index contributed by atoms with van der Waals surface area (Å²) in [7, 11) is 1.65. The lowest BCUT2D eigenvalue weighted by molar-refractivity contribution is -0.0148. The molecule has 0 saturated heterocycles. The molecule has 0 fully saturated rings. The number of nitrogens with zero attached hydrogens (tertiary/aromatic N) is 2. The number of fused-ring (bicyclic) bond motifs is 4. The van der Waals surface area contributed by atoms with E-state index in [1.165, 1.54) is 0 Å². The maximum Gasteiger partial charge on any atom is 0.283 e. The Bertz CT molecular complexity index is 931. The highest BCUT2D eigenvalue weighted by atomic mass is 79.9. The number of hydrogen-bond acceptors (Lipinski definition) is 7. The Balaban J connectivity index is 1.79. The van der Waals surface area contributed by atoms with Gasteiger partial charge in [0.05, 0.1) is 17.4 Å². The Kier molecular flexibility index (Phi) is 4.27. The van der Waals surface area contributed by atoms with E-state index in [1.807, 2.05) is 38.1 Å². The summed E-state index contributed by atoms with van der Waals surface area (Å²) in [6, 6.07) is 7.77. The molecule has 142 valence electrons. The summed E-state index contributed by atoms with van der Waals surface area (Å²) >= 11 is 3.51. The Morgan fingerprint density at radius 1 is 1.30 bits per heavy atom. The van der Waals surface area contributed by atoms with Crippen LogP contribution in [0.15, 0.2) is 39.9 Å². The van der Waals surface area contributed by atoms with Gasteiger partial charge in [0.25, 0.3) is 6.02 Å². The summed E-state index contributed by atoms with van der Waals surface area (Å²) in [4.78, 5) is 9.07. The molecule has 27 heavy (non-hydrogen) atoms. The van der Waals surface area contributed by atoms with E-state index in [2.05, 4.69) is 25.9 Å². The number of hydrogen-bond donors (Lipinski definition) is 1. The van der Waals surface area contributed by atoms with Crippen molar-refractivity contribution in [1.82, 2.24) is 4.98 Å². The van der Waals surface area contributed by atoms with E-state index in [4.69, 9.17) is 24.7 Å². The SMILES string of the molecule is COC(C)(C)COc1cnc2c(c1)C1(COC(N)=N1)c1cc(Br)ccc1O2. The third kappa shape index (κ3) is 3.12. The molecule has 2 aliphatic rings. The lowest BCUT2D eigenvalue weighted by Crippen LogP contribution is -2.32. The minimum Gasteiger partial charge on any atom is -0.489 e. The van der Waals surface area contributed by atoms with Crippen molar-refractivity contribution in [2.75, 3.05) is 20.3 Å². The molecule has 0 amide bonds. The van der Waals surface area contributed by atoms with Gasteiger partial charge in [-0.1, -0.05) is 15.9 Å². The zero-order chi connectivity index (χ0) is 19.2. The molecule has 2 N–H and O–H groups in total. The van der Waals surface area contributed by atoms with E-state index in [1.54, 1.807) is 13.3 Å². The van der Waals surface area contributed by atoms with Gasteiger partial charge in [0.15, 0.2) is 5.54 Å². The summed E-state index contributed by atoms with van der Waals surface area (Å²) < 4.78 is 23.8. The number of ether oxygens (including phenoxy) is 4.